The van der Waals surface area contributed by atoms with Gasteiger partial charge < -0.3 is 49.1 Å². The molecule has 1 amide bonds. The van der Waals surface area contributed by atoms with Crippen molar-refractivity contribution in [2.24, 2.45) is 41.4 Å². The quantitative estimate of drug-likeness (QED) is 0.123. The summed E-state index contributed by atoms with van der Waals surface area (Å²) in [5.74, 6) is -6.13. The third-order valence-electron chi connectivity index (χ3n) is 15.1. The van der Waals surface area contributed by atoms with E-state index in [0.29, 0.717) is 57.8 Å². The molecule has 0 aromatic rings. The van der Waals surface area contributed by atoms with Crippen LogP contribution in [0.5, 0.6) is 0 Å². The number of hydrogen-bond donors (Lipinski definition) is 4. The maximum absolute atomic E-state index is 14.6. The summed E-state index contributed by atoms with van der Waals surface area (Å²) in [6.07, 6.45) is 7.09. The summed E-state index contributed by atoms with van der Waals surface area (Å²) in [6.45, 7) is 23.2. The Morgan fingerprint density at radius 1 is 0.949 bits per heavy atom. The number of carboxylic acid groups (broad SMARTS) is 1. The van der Waals surface area contributed by atoms with Gasteiger partial charge >= 0.3 is 12.1 Å². The molecule has 4 N–H and O–H groups in total. The van der Waals surface area contributed by atoms with Crippen LogP contribution < -0.4 is 5.32 Å². The summed E-state index contributed by atoms with van der Waals surface area (Å²) >= 11 is 0. The van der Waals surface area contributed by atoms with E-state index in [1.54, 1.807) is 6.92 Å². The minimum absolute atomic E-state index is 0.0299. The first-order valence-electron chi connectivity index (χ1n) is 22.5. The highest BCUT2D eigenvalue weighted by Gasteiger charge is 2.63. The molecular formula is C46H75NO12. The first-order chi connectivity index (χ1) is 27.7. The number of aliphatic hydroxyl groups excluding tert-OH is 1. The zero-order chi connectivity index (χ0) is 43.7. The number of ketones is 1. The van der Waals surface area contributed by atoms with Crippen LogP contribution in [0.3, 0.4) is 0 Å². The van der Waals surface area contributed by atoms with Crippen molar-refractivity contribution in [2.75, 3.05) is 6.61 Å². The maximum atomic E-state index is 14.6. The second kappa shape index (κ2) is 18.9. The number of aliphatic hydroxyl groups is 2. The standard InChI is InChI=1S/C46H75NO12/c1-12-24-54-42(52)47-35-18-21-45(59-46(35)23-22-43(11,58-46)36-19-20-44(53,15-4)31(10)55-36)28(7)25-27(6)40(57-45)33(14-3)38(49)29(8)37(48)30(9)39-26(5)16-17-34(56-39)32(13-2)41(50)51/h12,18,21,26-37,39-40,48,53H,1,13-17,19-20,22-25H2,2-11H3,(H,47,52)(H,50,51)/t26-,27-,28+,29-,30-,31-,32+,33-,34+,35-,36+,37+,39+,40-,43-,44+,45-,46-/m0/s1. The molecule has 59 heavy (non-hydrogen) atoms. The minimum atomic E-state index is -1.38. The highest BCUT2D eigenvalue weighted by Crippen LogP contribution is 2.54. The zero-order valence-electron chi connectivity index (χ0n) is 37.3. The van der Waals surface area contributed by atoms with Crippen molar-refractivity contribution < 1.29 is 58.1 Å². The summed E-state index contributed by atoms with van der Waals surface area (Å²) < 4.78 is 39.6. The first kappa shape index (κ1) is 47.7. The third kappa shape index (κ3) is 9.51. The van der Waals surface area contributed by atoms with Crippen LogP contribution in [0.25, 0.3) is 0 Å². The molecule has 0 radical (unpaired) electrons. The van der Waals surface area contributed by atoms with Crippen LogP contribution in [-0.2, 0) is 38.0 Å². The Labute approximate surface area is 352 Å². The van der Waals surface area contributed by atoms with Crippen LogP contribution in [0.4, 0.5) is 4.79 Å². The van der Waals surface area contributed by atoms with E-state index in [-0.39, 0.29) is 36.2 Å². The van der Waals surface area contributed by atoms with Gasteiger partial charge in [-0.25, -0.2) is 4.79 Å². The van der Waals surface area contributed by atoms with Gasteiger partial charge in [0.05, 0.1) is 53.7 Å². The lowest BCUT2D eigenvalue weighted by Crippen LogP contribution is -2.65. The molecular weight excluding hydrogens is 759 g/mol. The van der Waals surface area contributed by atoms with Crippen LogP contribution in [0, 0.1) is 41.4 Å². The average Bonchev–Trinajstić information content (AvgIpc) is 3.54. The van der Waals surface area contributed by atoms with E-state index in [1.807, 2.05) is 53.7 Å². The van der Waals surface area contributed by atoms with Gasteiger partial charge in [-0.2, -0.15) is 0 Å². The summed E-state index contributed by atoms with van der Waals surface area (Å²) in [6, 6.07) is -0.748. The van der Waals surface area contributed by atoms with Gasteiger partial charge in [-0.3, -0.25) is 9.59 Å². The molecule has 5 aliphatic rings. The number of rotatable bonds is 15. The summed E-state index contributed by atoms with van der Waals surface area (Å²) in [4.78, 5) is 39.6. The lowest BCUT2D eigenvalue weighted by molar-refractivity contribution is -0.398. The molecule has 5 aliphatic heterocycles. The molecule has 0 unspecified atom stereocenters. The number of hydrogen-bond acceptors (Lipinski definition) is 11. The van der Waals surface area contributed by atoms with Gasteiger partial charge in [-0.05, 0) is 89.5 Å². The molecule has 0 saturated carbocycles. The molecule has 5 heterocycles. The Morgan fingerprint density at radius 2 is 1.64 bits per heavy atom. The minimum Gasteiger partial charge on any atom is -0.481 e. The SMILES string of the molecule is C=CCOC(=O)N[C@H]1C=C[C@]2(O[C@H]([C@@H](CC)C(=O)[C@@H](C)[C@@H](O)[C@H](C)[C@@H]3O[C@@H]([C@@H](CC)C(=O)O)CC[C@@H]3C)[C@@H](C)C[C@H]2C)O[C@@]12CC[C@@](C)([C@H]1CC[C@](O)(CC)[C@H](C)O1)O2. The second-order valence-electron chi connectivity index (χ2n) is 19.0. The monoisotopic (exact) mass is 834 g/mol. The van der Waals surface area contributed by atoms with Crippen molar-refractivity contribution >= 4 is 17.8 Å². The van der Waals surface area contributed by atoms with Gasteiger partial charge in [0, 0.05) is 30.1 Å². The Kier molecular flexibility index (Phi) is 15.3. The fourth-order valence-electron chi connectivity index (χ4n) is 11.0. The lowest BCUT2D eigenvalue weighted by atomic mass is 9.72. The van der Waals surface area contributed by atoms with Gasteiger partial charge in [0.25, 0.3) is 0 Å². The number of carbonyl (C=O) groups excluding carboxylic acids is 2. The number of carboxylic acids is 1. The number of ether oxygens (including phenoxy) is 6. The van der Waals surface area contributed by atoms with Gasteiger partial charge in [0.1, 0.15) is 18.4 Å². The topological polar surface area (TPSA) is 179 Å². The van der Waals surface area contributed by atoms with Crippen molar-refractivity contribution in [3.05, 3.63) is 24.8 Å². The van der Waals surface area contributed by atoms with Crippen molar-refractivity contribution in [2.45, 2.75) is 199 Å². The molecule has 13 heteroatoms. The lowest BCUT2D eigenvalue weighted by Gasteiger charge is -2.55. The summed E-state index contributed by atoms with van der Waals surface area (Å²) in [5, 5.41) is 35.8. The highest BCUT2D eigenvalue weighted by molar-refractivity contribution is 5.84. The maximum Gasteiger partial charge on any atom is 0.408 e. The van der Waals surface area contributed by atoms with Crippen LogP contribution in [0.1, 0.15) is 133 Å². The van der Waals surface area contributed by atoms with Gasteiger partial charge in [-0.15, -0.1) is 0 Å². The van der Waals surface area contributed by atoms with Gasteiger partial charge in [0.2, 0.25) is 0 Å². The van der Waals surface area contributed by atoms with Gasteiger partial charge in [0.15, 0.2) is 11.6 Å². The molecule has 4 fully saturated rings. The van der Waals surface area contributed by atoms with Gasteiger partial charge in [-0.1, -0.05) is 74.1 Å². The molecule has 0 bridgehead atoms. The molecule has 0 aliphatic carbocycles. The third-order valence-corrected chi connectivity index (χ3v) is 15.1. The fourth-order valence-corrected chi connectivity index (χ4v) is 11.0. The van der Waals surface area contributed by atoms with E-state index < -0.39 is 95.1 Å². The Bertz CT molecular complexity index is 1520. The fraction of sp³-hybridized carbons (Fsp3) is 0.848. The first-order valence-corrected chi connectivity index (χ1v) is 22.5. The van der Waals surface area contributed by atoms with E-state index in [4.69, 9.17) is 28.4 Å². The Morgan fingerprint density at radius 3 is 2.25 bits per heavy atom. The molecule has 2 spiro atoms. The van der Waals surface area contributed by atoms with E-state index in [9.17, 15) is 29.7 Å². The Hall–Kier alpha value is -2.39. The van der Waals surface area contributed by atoms with E-state index in [1.165, 1.54) is 6.08 Å². The molecule has 336 valence electrons. The predicted molar refractivity (Wildman–Crippen MR) is 221 cm³/mol. The average molecular weight is 834 g/mol. The molecule has 0 aromatic carbocycles. The molecule has 13 nitrogen and oxygen atoms in total. The number of aliphatic carboxylic acids is 1. The Balaban J connectivity index is 1.38. The zero-order valence-corrected chi connectivity index (χ0v) is 37.3. The van der Waals surface area contributed by atoms with Crippen LogP contribution in [-0.4, -0.2) is 105 Å². The van der Waals surface area contributed by atoms with E-state index >= 15 is 0 Å². The number of nitrogens with one attached hydrogen (secondary N) is 1. The van der Waals surface area contributed by atoms with Crippen molar-refractivity contribution in [3.63, 3.8) is 0 Å². The van der Waals surface area contributed by atoms with Crippen LogP contribution in [0.15, 0.2) is 24.8 Å². The van der Waals surface area contributed by atoms with Crippen molar-refractivity contribution in [1.29, 1.82) is 0 Å². The summed E-state index contributed by atoms with van der Waals surface area (Å²) in [7, 11) is 0. The second-order valence-corrected chi connectivity index (χ2v) is 19.0. The van der Waals surface area contributed by atoms with Crippen molar-refractivity contribution in [1.82, 2.24) is 5.32 Å². The predicted octanol–water partition coefficient (Wildman–Crippen LogP) is 7.11. The normalized spacial score (nSPS) is 42.4. The van der Waals surface area contributed by atoms with Crippen LogP contribution >= 0.6 is 0 Å². The van der Waals surface area contributed by atoms with Crippen molar-refractivity contribution in [3.8, 4) is 0 Å². The van der Waals surface area contributed by atoms with Crippen LogP contribution in [0.2, 0.25) is 0 Å². The largest absolute Gasteiger partial charge is 0.481 e. The number of Topliss-reactive ketones (excluding diaryl/α,β-unsaturated/α-hetero) is 1. The molecule has 5 rings (SSSR count). The highest BCUT2D eigenvalue weighted by atomic mass is 16.8. The smallest absolute Gasteiger partial charge is 0.408 e. The number of alkyl carbamates (subject to hydrolysis) is 1. The molecule has 0 aromatic heterocycles. The van der Waals surface area contributed by atoms with E-state index in [0.717, 1.165) is 6.42 Å². The number of amides is 1. The van der Waals surface area contributed by atoms with E-state index in [2.05, 4.69) is 32.7 Å². The number of carbonyl (C=O) groups is 3. The molecule has 4 saturated heterocycles. The summed E-state index contributed by atoms with van der Waals surface area (Å²) in [5.41, 5.74) is -1.74. The molecule has 18 atom stereocenters.